The summed E-state index contributed by atoms with van der Waals surface area (Å²) in [5.74, 6) is -3.56. The van der Waals surface area contributed by atoms with Gasteiger partial charge in [-0.2, -0.15) is 0 Å². The zero-order chi connectivity index (χ0) is 26.7. The highest BCUT2D eigenvalue weighted by Crippen LogP contribution is 2.18. The molecule has 0 saturated heterocycles. The Hall–Kier alpha value is -3.69. The van der Waals surface area contributed by atoms with Crippen LogP contribution in [0, 0.1) is 23.5 Å². The molecular weight excluding hydrogens is 472 g/mol. The van der Waals surface area contributed by atoms with E-state index in [1.807, 2.05) is 30.3 Å². The molecule has 36 heavy (non-hydrogen) atoms. The first-order valence-electron chi connectivity index (χ1n) is 11.5. The van der Waals surface area contributed by atoms with Crippen molar-refractivity contribution in [1.82, 2.24) is 10.6 Å². The summed E-state index contributed by atoms with van der Waals surface area (Å²) >= 11 is 0. The highest BCUT2D eigenvalue weighted by Gasteiger charge is 2.29. The third kappa shape index (κ3) is 9.16. The average Bonchev–Trinajstić information content (AvgIpc) is 2.83. The molecule has 0 unspecified atom stereocenters. The third-order valence-electron chi connectivity index (χ3n) is 5.50. The quantitative estimate of drug-likeness (QED) is 0.217. The van der Waals surface area contributed by atoms with E-state index in [4.69, 9.17) is 10.3 Å². The van der Waals surface area contributed by atoms with Crippen LogP contribution in [-0.2, 0) is 16.1 Å². The molecule has 0 aromatic heterocycles. The van der Waals surface area contributed by atoms with Crippen LogP contribution in [0.15, 0.2) is 53.6 Å². The molecule has 0 aliphatic rings. The summed E-state index contributed by atoms with van der Waals surface area (Å²) in [4.78, 5) is 28.2. The predicted octanol–water partition coefficient (Wildman–Crippen LogP) is 3.87. The van der Waals surface area contributed by atoms with Gasteiger partial charge in [0.1, 0.15) is 23.4 Å². The largest absolute Gasteiger partial charge is 0.493 e. The number of nitrogens with one attached hydrogen (secondary N) is 2. The first-order valence-corrected chi connectivity index (χ1v) is 11.5. The number of aliphatic hydroxyl groups excluding tert-OH is 1. The maximum atomic E-state index is 13.3. The van der Waals surface area contributed by atoms with Crippen molar-refractivity contribution in [1.29, 1.82) is 0 Å². The Bertz CT molecular complexity index is 1040. The topological polar surface area (TPSA) is 136 Å². The van der Waals surface area contributed by atoms with Gasteiger partial charge in [0.2, 0.25) is 11.8 Å². The highest BCUT2D eigenvalue weighted by molar-refractivity contribution is 5.88. The number of carbonyl (C=O) groups excluding carboxylic acids is 2. The number of nitrogens with zero attached hydrogens (tertiary/aromatic N) is 3. The van der Waals surface area contributed by atoms with E-state index in [0.29, 0.717) is 12.6 Å². The molecule has 4 atom stereocenters. The first kappa shape index (κ1) is 28.5. The molecule has 3 N–H and O–H groups in total. The minimum Gasteiger partial charge on any atom is -0.493 e. The number of benzene rings is 2. The molecule has 2 rings (SSSR count). The van der Waals surface area contributed by atoms with Crippen LogP contribution in [0.3, 0.4) is 0 Å². The van der Waals surface area contributed by atoms with Gasteiger partial charge in [-0.15, -0.1) is 0 Å². The lowest BCUT2D eigenvalue weighted by Crippen LogP contribution is -2.51. The number of amides is 2. The molecule has 194 valence electrons. The van der Waals surface area contributed by atoms with Gasteiger partial charge in [-0.3, -0.25) is 9.59 Å². The van der Waals surface area contributed by atoms with Crippen molar-refractivity contribution in [3.8, 4) is 5.75 Å². The van der Waals surface area contributed by atoms with Crippen molar-refractivity contribution in [2.24, 2.45) is 17.0 Å². The van der Waals surface area contributed by atoms with E-state index >= 15 is 0 Å². The number of azide groups is 1. The molecule has 2 aromatic rings. The molecule has 0 fully saturated rings. The second kappa shape index (κ2) is 14.0. The number of rotatable bonds is 13. The second-order valence-electron chi connectivity index (χ2n) is 8.83. The van der Waals surface area contributed by atoms with Gasteiger partial charge in [0, 0.05) is 35.6 Å². The van der Waals surface area contributed by atoms with Gasteiger partial charge in [-0.25, -0.2) is 8.78 Å². The maximum absolute atomic E-state index is 13.3. The summed E-state index contributed by atoms with van der Waals surface area (Å²) in [6.45, 7) is 5.12. The lowest BCUT2D eigenvalue weighted by atomic mass is 9.96. The lowest BCUT2D eigenvalue weighted by Gasteiger charge is -2.25. The molecule has 0 spiro atoms. The van der Waals surface area contributed by atoms with Gasteiger partial charge in [0.25, 0.3) is 0 Å². The lowest BCUT2D eigenvalue weighted by molar-refractivity contribution is -0.132. The minimum absolute atomic E-state index is 0.104. The van der Waals surface area contributed by atoms with Crippen molar-refractivity contribution in [2.75, 3.05) is 6.61 Å². The van der Waals surface area contributed by atoms with Crippen LogP contribution in [-0.4, -0.2) is 41.7 Å². The molecule has 0 aliphatic heterocycles. The fourth-order valence-electron chi connectivity index (χ4n) is 3.43. The molecule has 0 radical (unpaired) electrons. The molecule has 9 nitrogen and oxygen atoms in total. The van der Waals surface area contributed by atoms with Crippen molar-refractivity contribution >= 4 is 11.8 Å². The van der Waals surface area contributed by atoms with E-state index in [-0.39, 0.29) is 30.6 Å². The Kier molecular flexibility index (Phi) is 11.1. The smallest absolute Gasteiger partial charge is 0.243 e. The molecule has 11 heteroatoms. The van der Waals surface area contributed by atoms with Gasteiger partial charge >= 0.3 is 0 Å². The van der Waals surface area contributed by atoms with E-state index in [0.717, 1.165) is 17.7 Å². The van der Waals surface area contributed by atoms with Crippen LogP contribution in [0.4, 0.5) is 8.78 Å². The number of ether oxygens (including phenoxy) is 1. The molecule has 2 amide bonds. The second-order valence-corrected chi connectivity index (χ2v) is 8.83. The van der Waals surface area contributed by atoms with E-state index in [1.54, 1.807) is 20.8 Å². The number of carbonyl (C=O) groups is 2. The van der Waals surface area contributed by atoms with Crippen LogP contribution in [0.2, 0.25) is 0 Å². The normalized spacial score (nSPS) is 14.2. The Morgan fingerprint density at radius 2 is 1.72 bits per heavy atom. The molecule has 0 saturated carbocycles. The summed E-state index contributed by atoms with van der Waals surface area (Å²) in [6, 6.07) is 10.0. The van der Waals surface area contributed by atoms with Gasteiger partial charge in [0.05, 0.1) is 18.8 Å². The zero-order valence-corrected chi connectivity index (χ0v) is 20.4. The fourth-order valence-corrected chi connectivity index (χ4v) is 3.43. The number of hydrogen-bond acceptors (Lipinski definition) is 5. The van der Waals surface area contributed by atoms with Gasteiger partial charge in [0.15, 0.2) is 0 Å². The Morgan fingerprint density at radius 1 is 1.08 bits per heavy atom. The van der Waals surface area contributed by atoms with Crippen molar-refractivity contribution in [3.05, 3.63) is 76.2 Å². The van der Waals surface area contributed by atoms with Gasteiger partial charge < -0.3 is 20.5 Å². The molecule has 0 heterocycles. The average molecular weight is 504 g/mol. The standard InChI is InChI=1S/C25H31F2N5O4/c1-15(2)23(25(35)29-13-17-7-5-4-6-8-17)30-24(34)16(3)9-22(33)21(31-32-28)14-36-20-11-18(26)10-19(27)12-20/h4-8,10-12,15-16,21-23,33H,9,13-14H2,1-3H3,(H,29,35)(H,30,34)/t16-,21-,22-,23-/m0/s1. The molecular formula is C25H31F2N5O4. The molecule has 2 aromatic carbocycles. The SMILES string of the molecule is CC(C)[C@H](NC(=O)[C@@H](C)C[C@H](O)[C@H](COc1cc(F)cc(F)c1)N=[N+]=[N-])C(=O)NCc1ccccc1. The Balaban J connectivity index is 1.94. The summed E-state index contributed by atoms with van der Waals surface area (Å²) < 4.78 is 32.0. The molecule has 0 bridgehead atoms. The van der Waals surface area contributed by atoms with Gasteiger partial charge in [-0.05, 0) is 23.4 Å². The van der Waals surface area contributed by atoms with Gasteiger partial charge in [-0.1, -0.05) is 56.2 Å². The van der Waals surface area contributed by atoms with Crippen molar-refractivity contribution < 1.29 is 28.2 Å². The van der Waals surface area contributed by atoms with E-state index in [9.17, 15) is 23.5 Å². The van der Waals surface area contributed by atoms with E-state index in [1.165, 1.54) is 0 Å². The molecule has 0 aliphatic carbocycles. The van der Waals surface area contributed by atoms with Crippen LogP contribution in [0.25, 0.3) is 10.4 Å². The highest BCUT2D eigenvalue weighted by atomic mass is 19.1. The first-order chi connectivity index (χ1) is 17.1. The van der Waals surface area contributed by atoms with Crippen LogP contribution < -0.4 is 15.4 Å². The van der Waals surface area contributed by atoms with Crippen molar-refractivity contribution in [2.45, 2.75) is 51.9 Å². The minimum atomic E-state index is -1.29. The van der Waals surface area contributed by atoms with Crippen LogP contribution in [0.1, 0.15) is 32.8 Å². The zero-order valence-electron chi connectivity index (χ0n) is 20.4. The number of hydrogen-bond donors (Lipinski definition) is 3. The van der Waals surface area contributed by atoms with Crippen molar-refractivity contribution in [3.63, 3.8) is 0 Å². The number of halogens is 2. The van der Waals surface area contributed by atoms with E-state index in [2.05, 4.69) is 20.7 Å². The monoisotopic (exact) mass is 503 g/mol. The third-order valence-corrected chi connectivity index (χ3v) is 5.50. The van der Waals surface area contributed by atoms with E-state index < -0.39 is 41.6 Å². The summed E-state index contributed by atoms with van der Waals surface area (Å²) in [5, 5.41) is 19.6. The Morgan fingerprint density at radius 3 is 2.31 bits per heavy atom. The number of aliphatic hydroxyl groups is 1. The maximum Gasteiger partial charge on any atom is 0.243 e. The predicted molar refractivity (Wildman–Crippen MR) is 130 cm³/mol. The Labute approximate surface area is 208 Å². The summed E-state index contributed by atoms with van der Waals surface area (Å²) in [6.07, 6.45) is -1.39. The fraction of sp³-hybridized carbons (Fsp3) is 0.440. The van der Waals surface area contributed by atoms with Crippen LogP contribution >= 0.6 is 0 Å². The van der Waals surface area contributed by atoms with Crippen LogP contribution in [0.5, 0.6) is 5.75 Å². The summed E-state index contributed by atoms with van der Waals surface area (Å²) in [7, 11) is 0. The summed E-state index contributed by atoms with van der Waals surface area (Å²) in [5.41, 5.74) is 9.76.